The number of halogens is 3. The highest BCUT2D eigenvalue weighted by Gasteiger charge is 2.18. The summed E-state index contributed by atoms with van der Waals surface area (Å²) in [6, 6.07) is 0. The van der Waals surface area contributed by atoms with Gasteiger partial charge in [0, 0.05) is 18.0 Å². The van der Waals surface area contributed by atoms with Crippen LogP contribution in [-0.4, -0.2) is 17.6 Å². The summed E-state index contributed by atoms with van der Waals surface area (Å²) < 4.78 is 29.9. The van der Waals surface area contributed by atoms with E-state index in [0.717, 1.165) is 6.20 Å². The van der Waals surface area contributed by atoms with Crippen LogP contribution in [-0.2, 0) is 16.0 Å². The Kier molecular flexibility index (Phi) is 4.61. The third kappa shape index (κ3) is 3.13. The third-order valence-electron chi connectivity index (χ3n) is 1.90. The molecule has 0 bridgehead atoms. The van der Waals surface area contributed by atoms with E-state index >= 15 is 0 Å². The molecular weight excluding hydrogens is 240 g/mol. The Balaban J connectivity index is 2.97. The first-order valence-electron chi connectivity index (χ1n) is 4.62. The quantitative estimate of drug-likeness (QED) is 0.771. The van der Waals surface area contributed by atoms with E-state index in [-0.39, 0.29) is 29.2 Å². The second-order valence-electron chi connectivity index (χ2n) is 2.97. The van der Waals surface area contributed by atoms with E-state index in [9.17, 15) is 13.6 Å². The molecule has 0 aromatic carbocycles. The third-order valence-corrected chi connectivity index (χ3v) is 2.23. The number of aromatic nitrogens is 1. The lowest BCUT2D eigenvalue weighted by atomic mass is 10.1. The van der Waals surface area contributed by atoms with E-state index in [1.807, 2.05) is 0 Å². The van der Waals surface area contributed by atoms with Gasteiger partial charge < -0.3 is 4.74 Å². The van der Waals surface area contributed by atoms with Crippen molar-refractivity contribution >= 4 is 17.6 Å². The molecule has 0 atom stereocenters. The summed E-state index contributed by atoms with van der Waals surface area (Å²) in [7, 11) is 0. The lowest BCUT2D eigenvalue weighted by Crippen LogP contribution is -2.10. The van der Waals surface area contributed by atoms with E-state index in [4.69, 9.17) is 11.6 Å². The number of carbonyl (C=O) groups excluding carboxylic acids is 1. The minimum Gasteiger partial charge on any atom is -0.466 e. The van der Waals surface area contributed by atoms with Gasteiger partial charge in [-0.05, 0) is 12.5 Å². The normalized spacial score (nSPS) is 10.6. The number of rotatable bonds is 4. The van der Waals surface area contributed by atoms with Crippen molar-refractivity contribution < 1.29 is 18.3 Å². The van der Waals surface area contributed by atoms with Crippen molar-refractivity contribution in [3.8, 4) is 0 Å². The van der Waals surface area contributed by atoms with Crippen molar-refractivity contribution in [2.24, 2.45) is 0 Å². The maximum Gasteiger partial charge on any atom is 0.310 e. The highest BCUT2D eigenvalue weighted by atomic mass is 35.5. The highest BCUT2D eigenvalue weighted by Crippen LogP contribution is 2.27. The molecule has 1 aromatic rings. The molecule has 0 aliphatic rings. The Bertz CT molecular complexity index is 385. The fourth-order valence-electron chi connectivity index (χ4n) is 1.21. The van der Waals surface area contributed by atoms with Gasteiger partial charge in [-0.1, -0.05) is 11.6 Å². The molecule has 3 nitrogen and oxygen atoms in total. The second-order valence-corrected chi connectivity index (χ2v) is 3.38. The number of hydrogen-bond acceptors (Lipinski definition) is 3. The first-order chi connectivity index (χ1) is 7.56. The summed E-state index contributed by atoms with van der Waals surface area (Å²) in [6.45, 7) is 1.84. The minimum atomic E-state index is -2.71. The summed E-state index contributed by atoms with van der Waals surface area (Å²) in [5.74, 6) is -0.586. The van der Waals surface area contributed by atoms with Crippen LogP contribution in [0.3, 0.4) is 0 Å². The largest absolute Gasteiger partial charge is 0.466 e. The Morgan fingerprint density at radius 2 is 2.25 bits per heavy atom. The van der Waals surface area contributed by atoms with Gasteiger partial charge in [0.05, 0.1) is 18.1 Å². The summed E-state index contributed by atoms with van der Waals surface area (Å²) >= 11 is 5.71. The lowest BCUT2D eigenvalue weighted by molar-refractivity contribution is -0.142. The first kappa shape index (κ1) is 12.8. The van der Waals surface area contributed by atoms with E-state index in [1.165, 1.54) is 6.20 Å². The molecule has 0 fully saturated rings. The van der Waals surface area contributed by atoms with Crippen LogP contribution in [0, 0.1) is 0 Å². The van der Waals surface area contributed by atoms with Crippen LogP contribution in [0.4, 0.5) is 8.78 Å². The van der Waals surface area contributed by atoms with Crippen molar-refractivity contribution in [3.63, 3.8) is 0 Å². The average molecular weight is 250 g/mol. The number of esters is 1. The standard InChI is InChI=1S/C10H10ClF2NO2/c1-2-16-9(15)3-6-7(10(12)13)4-14-5-8(6)11/h4-5,10H,2-3H2,1H3. The second kappa shape index (κ2) is 5.75. The molecule has 1 rings (SSSR count). The van der Waals surface area contributed by atoms with Crippen molar-refractivity contribution in [1.82, 2.24) is 4.98 Å². The van der Waals surface area contributed by atoms with Crippen LogP contribution in [0.15, 0.2) is 12.4 Å². The molecule has 0 spiro atoms. The smallest absolute Gasteiger partial charge is 0.310 e. The number of carbonyl (C=O) groups is 1. The van der Waals surface area contributed by atoms with Gasteiger partial charge >= 0.3 is 5.97 Å². The van der Waals surface area contributed by atoms with Gasteiger partial charge in [0.1, 0.15) is 0 Å². The van der Waals surface area contributed by atoms with Crippen molar-refractivity contribution in [1.29, 1.82) is 0 Å². The summed E-state index contributed by atoms with van der Waals surface area (Å²) in [6.07, 6.45) is -0.752. The number of nitrogens with zero attached hydrogens (tertiary/aromatic N) is 1. The van der Waals surface area contributed by atoms with Gasteiger partial charge in [0.15, 0.2) is 0 Å². The molecule has 1 heterocycles. The molecule has 0 radical (unpaired) electrons. The molecular formula is C10H10ClF2NO2. The van der Waals surface area contributed by atoms with Gasteiger partial charge in [-0.15, -0.1) is 0 Å². The predicted octanol–water partition coefficient (Wildman–Crippen LogP) is 2.78. The van der Waals surface area contributed by atoms with E-state index in [2.05, 4.69) is 9.72 Å². The predicted molar refractivity (Wildman–Crippen MR) is 54.5 cm³/mol. The monoisotopic (exact) mass is 249 g/mol. The van der Waals surface area contributed by atoms with Crippen molar-refractivity contribution in [2.75, 3.05) is 6.61 Å². The van der Waals surface area contributed by atoms with Crippen LogP contribution in [0.2, 0.25) is 5.02 Å². The molecule has 6 heteroatoms. The molecule has 0 saturated heterocycles. The molecule has 1 aromatic heterocycles. The number of hydrogen-bond donors (Lipinski definition) is 0. The fraction of sp³-hybridized carbons (Fsp3) is 0.400. The Hall–Kier alpha value is -1.23. The molecule has 0 aliphatic heterocycles. The summed E-state index contributed by atoms with van der Waals surface area (Å²) in [5.41, 5.74) is -0.259. The molecule has 0 N–H and O–H groups in total. The van der Waals surface area contributed by atoms with Crippen LogP contribution >= 0.6 is 11.6 Å². The average Bonchev–Trinajstić information content (AvgIpc) is 2.21. The molecule has 0 amide bonds. The SMILES string of the molecule is CCOC(=O)Cc1c(Cl)cncc1C(F)F. The van der Waals surface area contributed by atoms with Gasteiger partial charge in [-0.3, -0.25) is 9.78 Å². The van der Waals surface area contributed by atoms with Crippen LogP contribution < -0.4 is 0 Å². The van der Waals surface area contributed by atoms with E-state index < -0.39 is 12.4 Å². The molecule has 0 saturated carbocycles. The number of alkyl halides is 2. The highest BCUT2D eigenvalue weighted by molar-refractivity contribution is 6.31. The van der Waals surface area contributed by atoms with Crippen molar-refractivity contribution in [2.45, 2.75) is 19.8 Å². The Labute approximate surface area is 96.4 Å². The molecule has 16 heavy (non-hydrogen) atoms. The van der Waals surface area contributed by atoms with E-state index in [1.54, 1.807) is 6.92 Å². The summed E-state index contributed by atoms with van der Waals surface area (Å²) in [5, 5.41) is 0.0471. The van der Waals surface area contributed by atoms with Gasteiger partial charge in [-0.25, -0.2) is 8.78 Å². The van der Waals surface area contributed by atoms with Crippen LogP contribution in [0.5, 0.6) is 0 Å². The number of pyridine rings is 1. The fourth-order valence-corrected chi connectivity index (χ4v) is 1.44. The van der Waals surface area contributed by atoms with Crippen LogP contribution in [0.25, 0.3) is 0 Å². The molecule has 0 unspecified atom stereocenters. The Morgan fingerprint density at radius 1 is 1.56 bits per heavy atom. The first-order valence-corrected chi connectivity index (χ1v) is 5.00. The number of ether oxygens (including phenoxy) is 1. The molecule has 88 valence electrons. The topological polar surface area (TPSA) is 39.2 Å². The van der Waals surface area contributed by atoms with Gasteiger partial charge in [0.2, 0.25) is 0 Å². The molecule has 0 aliphatic carbocycles. The van der Waals surface area contributed by atoms with Crippen LogP contribution in [0.1, 0.15) is 24.5 Å². The zero-order chi connectivity index (χ0) is 12.1. The maximum absolute atomic E-state index is 12.6. The van der Waals surface area contributed by atoms with E-state index in [0.29, 0.717) is 0 Å². The summed E-state index contributed by atoms with van der Waals surface area (Å²) in [4.78, 5) is 14.7. The maximum atomic E-state index is 12.6. The Morgan fingerprint density at radius 3 is 2.81 bits per heavy atom. The van der Waals surface area contributed by atoms with Gasteiger partial charge in [0.25, 0.3) is 6.43 Å². The minimum absolute atomic E-state index is 0.0471. The van der Waals surface area contributed by atoms with Crippen molar-refractivity contribution in [3.05, 3.63) is 28.5 Å². The lowest BCUT2D eigenvalue weighted by Gasteiger charge is -2.09. The van der Waals surface area contributed by atoms with Gasteiger partial charge in [-0.2, -0.15) is 0 Å². The zero-order valence-electron chi connectivity index (χ0n) is 8.54. The zero-order valence-corrected chi connectivity index (χ0v) is 9.30.